The summed E-state index contributed by atoms with van der Waals surface area (Å²) in [6, 6.07) is 13.0. The molecule has 5 heteroatoms. The molecule has 3 rings (SSSR count). The molecule has 0 fully saturated rings. The minimum Gasteiger partial charge on any atom is -0.479 e. The summed E-state index contributed by atoms with van der Waals surface area (Å²) in [6.07, 6.45) is 1.28. The Labute approximate surface area is 136 Å². The van der Waals surface area contributed by atoms with Gasteiger partial charge in [-0.15, -0.1) is 0 Å². The Morgan fingerprint density at radius 2 is 2.05 bits per heavy atom. The summed E-state index contributed by atoms with van der Waals surface area (Å²) in [5, 5.41) is 13.6. The van der Waals surface area contributed by atoms with Crippen molar-refractivity contribution < 1.29 is 9.90 Å². The van der Waals surface area contributed by atoms with Crippen LogP contribution in [0.25, 0.3) is 0 Å². The first-order valence-corrected chi connectivity index (χ1v) is 7.75. The highest BCUT2D eigenvalue weighted by atomic mass is 79.9. The van der Waals surface area contributed by atoms with Crippen molar-refractivity contribution in [3.8, 4) is 0 Å². The third-order valence-corrected chi connectivity index (χ3v) is 5.10. The highest BCUT2D eigenvalue weighted by Gasteiger charge is 2.45. The van der Waals surface area contributed by atoms with E-state index in [1.807, 2.05) is 24.3 Å². The molecular formula is C16H13BrClNO2. The third-order valence-electron chi connectivity index (χ3n) is 3.89. The highest BCUT2D eigenvalue weighted by Crippen LogP contribution is 2.40. The van der Waals surface area contributed by atoms with E-state index >= 15 is 0 Å². The summed E-state index contributed by atoms with van der Waals surface area (Å²) in [5.41, 5.74) is 1.57. The van der Waals surface area contributed by atoms with Gasteiger partial charge in [0.15, 0.2) is 5.54 Å². The zero-order valence-electron chi connectivity index (χ0n) is 11.1. The number of hydrogen-bond acceptors (Lipinski definition) is 2. The molecule has 0 aliphatic heterocycles. The number of rotatable bonds is 3. The molecule has 0 spiro atoms. The summed E-state index contributed by atoms with van der Waals surface area (Å²) in [4.78, 5) is 11.9. The molecule has 21 heavy (non-hydrogen) atoms. The highest BCUT2D eigenvalue weighted by molar-refractivity contribution is 9.10. The number of benzene rings is 2. The van der Waals surface area contributed by atoms with Crippen molar-refractivity contribution in [3.05, 3.63) is 63.1 Å². The van der Waals surface area contributed by atoms with Crippen LogP contribution in [-0.2, 0) is 16.8 Å². The summed E-state index contributed by atoms with van der Waals surface area (Å²) in [7, 11) is 0. The predicted octanol–water partition coefficient (Wildman–Crippen LogP) is 4.44. The summed E-state index contributed by atoms with van der Waals surface area (Å²) in [6.45, 7) is 0. The minimum absolute atomic E-state index is 0.530. The average molecular weight is 367 g/mol. The number of aryl methyl sites for hydroxylation is 1. The number of anilines is 1. The van der Waals surface area contributed by atoms with Crippen LogP contribution in [0.15, 0.2) is 46.9 Å². The first-order valence-electron chi connectivity index (χ1n) is 6.58. The van der Waals surface area contributed by atoms with E-state index < -0.39 is 11.5 Å². The van der Waals surface area contributed by atoms with Gasteiger partial charge in [-0.1, -0.05) is 35.9 Å². The summed E-state index contributed by atoms with van der Waals surface area (Å²) < 4.78 is 0.737. The zero-order chi connectivity index (χ0) is 15.0. The summed E-state index contributed by atoms with van der Waals surface area (Å²) >= 11 is 9.35. The second-order valence-corrected chi connectivity index (χ2v) is 6.38. The van der Waals surface area contributed by atoms with E-state index in [4.69, 9.17) is 11.6 Å². The SMILES string of the molecule is O=C(O)C1(Nc2ccc(Cl)c(Br)c2)CCc2ccccc21. The lowest BCUT2D eigenvalue weighted by atomic mass is 9.91. The Morgan fingerprint density at radius 1 is 1.29 bits per heavy atom. The van der Waals surface area contributed by atoms with Crippen LogP contribution in [0.2, 0.25) is 5.02 Å². The van der Waals surface area contributed by atoms with E-state index in [9.17, 15) is 9.90 Å². The van der Waals surface area contributed by atoms with Crippen molar-refractivity contribution in [2.24, 2.45) is 0 Å². The topological polar surface area (TPSA) is 49.3 Å². The molecule has 0 radical (unpaired) electrons. The van der Waals surface area contributed by atoms with E-state index in [2.05, 4.69) is 21.2 Å². The van der Waals surface area contributed by atoms with Crippen LogP contribution < -0.4 is 5.32 Å². The Hall–Kier alpha value is -1.52. The molecule has 0 amide bonds. The molecule has 0 aromatic heterocycles. The van der Waals surface area contributed by atoms with E-state index in [1.54, 1.807) is 18.2 Å². The second kappa shape index (κ2) is 5.35. The number of carboxylic acids is 1. The lowest BCUT2D eigenvalue weighted by molar-refractivity contribution is -0.142. The first kappa shape index (κ1) is 14.4. The Bertz CT molecular complexity index is 719. The van der Waals surface area contributed by atoms with E-state index in [1.165, 1.54) is 0 Å². The van der Waals surface area contributed by atoms with Crippen LogP contribution in [0, 0.1) is 0 Å². The normalized spacial score (nSPS) is 20.1. The van der Waals surface area contributed by atoms with Gasteiger partial charge < -0.3 is 10.4 Å². The molecule has 1 aliphatic carbocycles. The van der Waals surface area contributed by atoms with Crippen LogP contribution in [0.4, 0.5) is 5.69 Å². The van der Waals surface area contributed by atoms with Crippen LogP contribution in [0.5, 0.6) is 0 Å². The number of halogens is 2. The van der Waals surface area contributed by atoms with Crippen LogP contribution in [0.3, 0.4) is 0 Å². The maximum absolute atomic E-state index is 11.9. The fourth-order valence-corrected chi connectivity index (χ4v) is 3.33. The Morgan fingerprint density at radius 3 is 2.76 bits per heavy atom. The maximum Gasteiger partial charge on any atom is 0.334 e. The van der Waals surface area contributed by atoms with Gasteiger partial charge in [0.2, 0.25) is 0 Å². The Balaban J connectivity index is 2.04. The van der Waals surface area contributed by atoms with Crippen LogP contribution in [-0.4, -0.2) is 11.1 Å². The van der Waals surface area contributed by atoms with Gasteiger partial charge in [-0.05, 0) is 58.1 Å². The average Bonchev–Trinajstić information content (AvgIpc) is 2.84. The zero-order valence-corrected chi connectivity index (χ0v) is 13.4. The maximum atomic E-state index is 11.9. The molecular weight excluding hydrogens is 354 g/mol. The monoisotopic (exact) mass is 365 g/mol. The van der Waals surface area contributed by atoms with Crippen molar-refractivity contribution >= 4 is 39.2 Å². The smallest absolute Gasteiger partial charge is 0.334 e. The third kappa shape index (κ3) is 2.43. The molecule has 0 bridgehead atoms. The fourth-order valence-electron chi connectivity index (χ4n) is 2.84. The molecule has 1 atom stereocenters. The van der Waals surface area contributed by atoms with Gasteiger partial charge in [0.05, 0.1) is 5.02 Å². The molecule has 0 saturated carbocycles. The van der Waals surface area contributed by atoms with Crippen molar-refractivity contribution in [3.63, 3.8) is 0 Å². The quantitative estimate of drug-likeness (QED) is 0.844. The van der Waals surface area contributed by atoms with Gasteiger partial charge in [-0.25, -0.2) is 4.79 Å². The van der Waals surface area contributed by atoms with Gasteiger partial charge >= 0.3 is 5.97 Å². The molecule has 2 aromatic rings. The van der Waals surface area contributed by atoms with Gasteiger partial charge in [-0.3, -0.25) is 0 Å². The lowest BCUT2D eigenvalue weighted by Gasteiger charge is -2.28. The molecule has 0 heterocycles. The largest absolute Gasteiger partial charge is 0.479 e. The number of carboxylic acid groups (broad SMARTS) is 1. The van der Waals surface area contributed by atoms with Crippen molar-refractivity contribution in [1.82, 2.24) is 0 Å². The van der Waals surface area contributed by atoms with E-state index in [-0.39, 0.29) is 0 Å². The number of hydrogen-bond donors (Lipinski definition) is 2. The summed E-state index contributed by atoms with van der Waals surface area (Å²) in [5.74, 6) is -0.862. The predicted molar refractivity (Wildman–Crippen MR) is 86.9 cm³/mol. The van der Waals surface area contributed by atoms with Gasteiger partial charge in [0, 0.05) is 10.2 Å². The number of nitrogens with one attached hydrogen (secondary N) is 1. The van der Waals surface area contributed by atoms with Gasteiger partial charge in [0.25, 0.3) is 0 Å². The fraction of sp³-hybridized carbons (Fsp3) is 0.188. The van der Waals surface area contributed by atoms with Crippen molar-refractivity contribution in [1.29, 1.82) is 0 Å². The van der Waals surface area contributed by atoms with E-state index in [0.29, 0.717) is 11.4 Å². The van der Waals surface area contributed by atoms with Crippen LogP contribution in [0.1, 0.15) is 17.5 Å². The Kier molecular flexibility index (Phi) is 3.68. The molecule has 2 aromatic carbocycles. The van der Waals surface area contributed by atoms with E-state index in [0.717, 1.165) is 27.7 Å². The number of aliphatic carboxylic acids is 1. The molecule has 0 saturated heterocycles. The number of carbonyl (C=O) groups is 1. The van der Waals surface area contributed by atoms with Gasteiger partial charge in [0.1, 0.15) is 0 Å². The second-order valence-electron chi connectivity index (χ2n) is 5.12. The molecule has 108 valence electrons. The standard InChI is InChI=1S/C16H13BrClNO2/c17-13-9-11(5-6-14(13)18)19-16(15(20)21)8-7-10-3-1-2-4-12(10)16/h1-6,9,19H,7-8H2,(H,20,21). The van der Waals surface area contributed by atoms with Crippen molar-refractivity contribution in [2.75, 3.05) is 5.32 Å². The minimum atomic E-state index is -1.08. The molecule has 1 unspecified atom stereocenters. The molecule has 1 aliphatic rings. The number of fused-ring (bicyclic) bond motifs is 1. The molecule has 2 N–H and O–H groups in total. The van der Waals surface area contributed by atoms with Crippen molar-refractivity contribution in [2.45, 2.75) is 18.4 Å². The molecule has 3 nitrogen and oxygen atoms in total. The lowest BCUT2D eigenvalue weighted by Crippen LogP contribution is -2.41. The first-order chi connectivity index (χ1) is 10.0. The van der Waals surface area contributed by atoms with Crippen LogP contribution >= 0.6 is 27.5 Å². The van der Waals surface area contributed by atoms with Gasteiger partial charge in [-0.2, -0.15) is 0 Å².